The molecule has 4 N–H and O–H groups in total. The molecule has 0 spiro atoms. The number of anilines is 1. The van der Waals surface area contributed by atoms with Gasteiger partial charge in [0.2, 0.25) is 5.96 Å². The van der Waals surface area contributed by atoms with Crippen LogP contribution in [0.15, 0.2) is 23.2 Å². The summed E-state index contributed by atoms with van der Waals surface area (Å²) >= 11 is 11.7. The highest BCUT2D eigenvalue weighted by Crippen LogP contribution is 2.24. The van der Waals surface area contributed by atoms with Crippen LogP contribution in [-0.2, 0) is 0 Å². The SMILES string of the molecule is N=C(N=C(N)N1CCCC1)Nc1ccc(Cl)c(Cl)c1. The lowest BCUT2D eigenvalue weighted by molar-refractivity contribution is 0.514. The van der Waals surface area contributed by atoms with Gasteiger partial charge in [0.05, 0.1) is 10.0 Å². The van der Waals surface area contributed by atoms with Gasteiger partial charge in [-0.2, -0.15) is 4.99 Å². The van der Waals surface area contributed by atoms with E-state index in [-0.39, 0.29) is 5.96 Å². The number of likely N-dealkylation sites (tertiary alicyclic amines) is 1. The minimum atomic E-state index is -0.0252. The van der Waals surface area contributed by atoms with Crippen molar-refractivity contribution in [2.24, 2.45) is 10.7 Å². The average Bonchev–Trinajstić information content (AvgIpc) is 2.87. The molecule has 0 saturated carbocycles. The van der Waals surface area contributed by atoms with Gasteiger partial charge < -0.3 is 16.0 Å². The molecule has 0 bridgehead atoms. The minimum Gasteiger partial charge on any atom is -0.369 e. The molecule has 0 unspecified atom stereocenters. The van der Waals surface area contributed by atoms with Gasteiger partial charge in [-0.3, -0.25) is 5.41 Å². The van der Waals surface area contributed by atoms with Crippen molar-refractivity contribution in [1.29, 1.82) is 5.41 Å². The van der Waals surface area contributed by atoms with Crippen LogP contribution in [0.1, 0.15) is 12.8 Å². The molecule has 1 aromatic rings. The quantitative estimate of drug-likeness (QED) is 0.551. The number of rotatable bonds is 1. The van der Waals surface area contributed by atoms with E-state index in [1.807, 2.05) is 4.90 Å². The van der Waals surface area contributed by atoms with Crippen LogP contribution in [0.5, 0.6) is 0 Å². The van der Waals surface area contributed by atoms with Gasteiger partial charge in [-0.05, 0) is 31.0 Å². The van der Waals surface area contributed by atoms with E-state index >= 15 is 0 Å². The predicted molar refractivity (Wildman–Crippen MR) is 80.2 cm³/mol. The first-order valence-corrected chi connectivity index (χ1v) is 6.71. The average molecular weight is 300 g/mol. The third kappa shape index (κ3) is 3.75. The lowest BCUT2D eigenvalue weighted by atomic mass is 10.3. The monoisotopic (exact) mass is 299 g/mol. The van der Waals surface area contributed by atoms with Crippen molar-refractivity contribution in [2.45, 2.75) is 12.8 Å². The Balaban J connectivity index is 2.00. The summed E-state index contributed by atoms with van der Waals surface area (Å²) in [7, 11) is 0. The molecule has 19 heavy (non-hydrogen) atoms. The smallest absolute Gasteiger partial charge is 0.222 e. The van der Waals surface area contributed by atoms with Crippen LogP contribution in [0.4, 0.5) is 5.69 Å². The van der Waals surface area contributed by atoms with Crippen molar-refractivity contribution in [2.75, 3.05) is 18.4 Å². The van der Waals surface area contributed by atoms with Crippen LogP contribution in [0.3, 0.4) is 0 Å². The van der Waals surface area contributed by atoms with Crippen LogP contribution in [0, 0.1) is 5.41 Å². The Morgan fingerprint density at radius 2 is 1.95 bits per heavy atom. The van der Waals surface area contributed by atoms with Crippen molar-refractivity contribution in [3.05, 3.63) is 28.2 Å². The molecule has 1 aliphatic heterocycles. The summed E-state index contributed by atoms with van der Waals surface area (Å²) in [5, 5.41) is 11.5. The molecule has 0 aliphatic carbocycles. The summed E-state index contributed by atoms with van der Waals surface area (Å²) in [4.78, 5) is 5.99. The van der Waals surface area contributed by atoms with Gasteiger partial charge in [-0.25, -0.2) is 0 Å². The molecule has 0 radical (unpaired) electrons. The Hall–Kier alpha value is -1.46. The Labute approximate surface area is 121 Å². The van der Waals surface area contributed by atoms with Crippen molar-refractivity contribution in [3.63, 3.8) is 0 Å². The van der Waals surface area contributed by atoms with Crippen molar-refractivity contribution >= 4 is 40.8 Å². The maximum Gasteiger partial charge on any atom is 0.222 e. The Kier molecular flexibility index (Phi) is 4.50. The number of aliphatic imine (C=N–C) groups is 1. The zero-order valence-electron chi connectivity index (χ0n) is 10.3. The Morgan fingerprint density at radius 3 is 2.58 bits per heavy atom. The number of nitrogens with two attached hydrogens (primary N) is 1. The van der Waals surface area contributed by atoms with Gasteiger partial charge in [0.25, 0.3) is 0 Å². The van der Waals surface area contributed by atoms with Gasteiger partial charge in [0.1, 0.15) is 0 Å². The third-order valence-electron chi connectivity index (χ3n) is 2.84. The second-order valence-electron chi connectivity index (χ2n) is 4.27. The standard InChI is InChI=1S/C12H15Cl2N5/c13-9-4-3-8(7-10(9)14)17-11(15)18-12(16)19-5-1-2-6-19/h3-4,7H,1-2,5-6H2,(H4,15,16,17,18). The molecule has 0 amide bonds. The van der Waals surface area contributed by atoms with E-state index in [4.69, 9.17) is 34.3 Å². The largest absolute Gasteiger partial charge is 0.369 e. The fourth-order valence-electron chi connectivity index (χ4n) is 1.87. The summed E-state index contributed by atoms with van der Waals surface area (Å²) < 4.78 is 0. The number of nitrogens with zero attached hydrogens (tertiary/aromatic N) is 2. The van der Waals surface area contributed by atoms with Gasteiger partial charge in [-0.1, -0.05) is 23.2 Å². The number of guanidine groups is 2. The second-order valence-corrected chi connectivity index (χ2v) is 5.08. The fourth-order valence-corrected chi connectivity index (χ4v) is 2.17. The van der Waals surface area contributed by atoms with Gasteiger partial charge in [0.15, 0.2) is 5.96 Å². The van der Waals surface area contributed by atoms with E-state index < -0.39 is 0 Å². The van der Waals surface area contributed by atoms with Crippen LogP contribution < -0.4 is 11.1 Å². The molecule has 1 fully saturated rings. The lowest BCUT2D eigenvalue weighted by Gasteiger charge is -2.16. The molecular formula is C12H15Cl2N5. The molecule has 1 aromatic carbocycles. The number of benzene rings is 1. The van der Waals surface area contributed by atoms with E-state index in [0.29, 0.717) is 21.7 Å². The first kappa shape index (κ1) is 14.0. The van der Waals surface area contributed by atoms with Gasteiger partial charge in [-0.15, -0.1) is 0 Å². The maximum atomic E-state index is 7.76. The highest BCUT2D eigenvalue weighted by atomic mass is 35.5. The van der Waals surface area contributed by atoms with E-state index in [0.717, 1.165) is 25.9 Å². The molecule has 1 saturated heterocycles. The van der Waals surface area contributed by atoms with E-state index in [1.165, 1.54) is 0 Å². The second kappa shape index (κ2) is 6.12. The third-order valence-corrected chi connectivity index (χ3v) is 3.58. The number of halogens is 2. The molecule has 2 rings (SSSR count). The lowest BCUT2D eigenvalue weighted by Crippen LogP contribution is -2.36. The molecule has 5 nitrogen and oxygen atoms in total. The van der Waals surface area contributed by atoms with Gasteiger partial charge in [0, 0.05) is 18.8 Å². The van der Waals surface area contributed by atoms with E-state index in [2.05, 4.69) is 10.3 Å². The topological polar surface area (TPSA) is 77.5 Å². The molecule has 0 aromatic heterocycles. The summed E-state index contributed by atoms with van der Waals surface area (Å²) in [5.41, 5.74) is 6.49. The number of hydrogen-bond donors (Lipinski definition) is 3. The maximum absolute atomic E-state index is 7.76. The number of nitrogens with one attached hydrogen (secondary N) is 2. The van der Waals surface area contributed by atoms with Crippen molar-refractivity contribution < 1.29 is 0 Å². The summed E-state index contributed by atoms with van der Waals surface area (Å²) in [6.45, 7) is 1.80. The van der Waals surface area contributed by atoms with E-state index in [9.17, 15) is 0 Å². The Morgan fingerprint density at radius 1 is 1.26 bits per heavy atom. The van der Waals surface area contributed by atoms with Crippen molar-refractivity contribution in [3.8, 4) is 0 Å². The molecule has 7 heteroatoms. The highest BCUT2D eigenvalue weighted by Gasteiger charge is 2.13. The molecule has 1 aliphatic rings. The van der Waals surface area contributed by atoms with Crippen LogP contribution in [0.2, 0.25) is 10.0 Å². The molecule has 1 heterocycles. The number of hydrogen-bond acceptors (Lipinski definition) is 1. The minimum absolute atomic E-state index is 0.0252. The molecule has 0 atom stereocenters. The fraction of sp³-hybridized carbons (Fsp3) is 0.333. The zero-order chi connectivity index (χ0) is 13.8. The summed E-state index contributed by atoms with van der Waals surface area (Å²) in [6.07, 6.45) is 2.23. The first-order chi connectivity index (χ1) is 9.06. The zero-order valence-corrected chi connectivity index (χ0v) is 11.8. The Bertz CT molecular complexity index is 509. The molecule has 102 valence electrons. The van der Waals surface area contributed by atoms with Crippen LogP contribution >= 0.6 is 23.2 Å². The predicted octanol–water partition coefficient (Wildman–Crippen LogP) is 2.75. The van der Waals surface area contributed by atoms with Crippen LogP contribution in [0.25, 0.3) is 0 Å². The van der Waals surface area contributed by atoms with E-state index in [1.54, 1.807) is 18.2 Å². The highest BCUT2D eigenvalue weighted by molar-refractivity contribution is 6.42. The summed E-state index contributed by atoms with van der Waals surface area (Å²) in [5.74, 6) is 0.345. The van der Waals surface area contributed by atoms with Gasteiger partial charge >= 0.3 is 0 Å². The normalized spacial score (nSPS) is 15.7. The van der Waals surface area contributed by atoms with Crippen molar-refractivity contribution in [1.82, 2.24) is 4.90 Å². The molecular weight excluding hydrogens is 285 g/mol. The first-order valence-electron chi connectivity index (χ1n) is 5.96. The van der Waals surface area contributed by atoms with Crippen LogP contribution in [-0.4, -0.2) is 29.9 Å². The summed E-state index contributed by atoms with van der Waals surface area (Å²) in [6, 6.07) is 5.03.